The van der Waals surface area contributed by atoms with Crippen LogP contribution in [0.25, 0.3) is 0 Å². The van der Waals surface area contributed by atoms with Crippen molar-refractivity contribution < 1.29 is 9.59 Å². The topological polar surface area (TPSA) is 49.4 Å². The summed E-state index contributed by atoms with van der Waals surface area (Å²) < 4.78 is 0. The van der Waals surface area contributed by atoms with Crippen LogP contribution < -0.4 is 5.32 Å². The van der Waals surface area contributed by atoms with Gasteiger partial charge >= 0.3 is 0 Å². The van der Waals surface area contributed by atoms with E-state index in [-0.39, 0.29) is 23.9 Å². The summed E-state index contributed by atoms with van der Waals surface area (Å²) in [6.45, 7) is 4.74. The fourth-order valence-electron chi connectivity index (χ4n) is 2.10. The monoisotopic (exact) mass is 272 g/mol. The summed E-state index contributed by atoms with van der Waals surface area (Å²) in [4.78, 5) is 25.3. The highest BCUT2D eigenvalue weighted by Crippen LogP contribution is 2.17. The zero-order valence-corrected chi connectivity index (χ0v) is 12.4. The van der Waals surface area contributed by atoms with Gasteiger partial charge in [-0.15, -0.1) is 0 Å². The molecule has 1 aliphatic heterocycles. The van der Waals surface area contributed by atoms with Crippen LogP contribution in [0.3, 0.4) is 0 Å². The van der Waals surface area contributed by atoms with Gasteiger partial charge in [0.25, 0.3) is 0 Å². The molecule has 0 saturated carbocycles. The minimum Gasteiger partial charge on any atom is -0.305 e. The molecule has 1 aliphatic rings. The van der Waals surface area contributed by atoms with E-state index in [2.05, 4.69) is 11.6 Å². The third-order valence-corrected chi connectivity index (χ3v) is 4.08. The first-order chi connectivity index (χ1) is 8.61. The molecule has 0 bridgehead atoms. The molecule has 1 N–H and O–H groups in total. The maximum Gasteiger partial charge on any atom is 0.247 e. The van der Waals surface area contributed by atoms with Crippen LogP contribution in [0, 0.1) is 0 Å². The van der Waals surface area contributed by atoms with Gasteiger partial charge in [-0.25, -0.2) is 0 Å². The number of rotatable bonds is 8. The minimum absolute atomic E-state index is 0.0216. The van der Waals surface area contributed by atoms with Crippen molar-refractivity contribution >= 4 is 23.6 Å². The molecule has 0 aromatic carbocycles. The first kappa shape index (κ1) is 15.5. The highest BCUT2D eigenvalue weighted by Gasteiger charge is 2.39. The highest BCUT2D eigenvalue weighted by atomic mass is 32.2. The Kier molecular flexibility index (Phi) is 6.71. The van der Waals surface area contributed by atoms with E-state index >= 15 is 0 Å². The van der Waals surface area contributed by atoms with Crippen molar-refractivity contribution in [2.24, 2.45) is 0 Å². The molecule has 18 heavy (non-hydrogen) atoms. The maximum absolute atomic E-state index is 12.1. The van der Waals surface area contributed by atoms with E-state index in [1.54, 1.807) is 0 Å². The second-order valence-corrected chi connectivity index (χ2v) is 5.76. The zero-order valence-electron chi connectivity index (χ0n) is 11.6. The lowest BCUT2D eigenvalue weighted by molar-refractivity contribution is -0.141. The summed E-state index contributed by atoms with van der Waals surface area (Å²) in [5.74, 6) is 1.08. The van der Waals surface area contributed by atoms with E-state index in [9.17, 15) is 9.59 Å². The molecule has 4 nitrogen and oxygen atoms in total. The van der Waals surface area contributed by atoms with E-state index in [1.165, 1.54) is 4.90 Å². The maximum atomic E-state index is 12.1. The third kappa shape index (κ3) is 3.99. The Morgan fingerprint density at radius 3 is 2.78 bits per heavy atom. The number of likely N-dealkylation sites (tertiary alicyclic amines) is 1. The van der Waals surface area contributed by atoms with Gasteiger partial charge in [0.1, 0.15) is 0 Å². The third-order valence-electron chi connectivity index (χ3n) is 3.38. The minimum atomic E-state index is -0.291. The number of thioether (sulfide) groups is 1. The van der Waals surface area contributed by atoms with Gasteiger partial charge in [0.2, 0.25) is 11.8 Å². The van der Waals surface area contributed by atoms with Crippen LogP contribution in [0.1, 0.15) is 39.5 Å². The number of hydrogen-bond acceptors (Lipinski definition) is 4. The molecule has 0 spiro atoms. The fourth-order valence-corrected chi connectivity index (χ4v) is 2.60. The molecule has 0 aromatic rings. The average molecular weight is 272 g/mol. The Bertz CT molecular complexity index is 297. The molecule has 1 heterocycles. The van der Waals surface area contributed by atoms with Crippen LogP contribution in [0.15, 0.2) is 0 Å². The van der Waals surface area contributed by atoms with Crippen LogP contribution in [0.4, 0.5) is 0 Å². The lowest BCUT2D eigenvalue weighted by atomic mass is 10.2. The summed E-state index contributed by atoms with van der Waals surface area (Å²) in [5.41, 5.74) is 0. The first-order valence-electron chi connectivity index (χ1n) is 6.70. The Hall–Kier alpha value is -0.550. The largest absolute Gasteiger partial charge is 0.305 e. The van der Waals surface area contributed by atoms with Crippen LogP contribution in [0.5, 0.6) is 0 Å². The molecule has 1 fully saturated rings. The molecule has 0 aliphatic carbocycles. The molecular weight excluding hydrogens is 248 g/mol. The summed E-state index contributed by atoms with van der Waals surface area (Å²) in [5, 5.41) is 3.21. The molecular formula is C13H24N2O2S. The van der Waals surface area contributed by atoms with Crippen molar-refractivity contribution in [2.75, 3.05) is 18.6 Å². The van der Waals surface area contributed by atoms with Gasteiger partial charge in [-0.05, 0) is 44.7 Å². The van der Waals surface area contributed by atoms with E-state index in [0.29, 0.717) is 6.42 Å². The molecule has 5 heteroatoms. The Labute approximate surface area is 114 Å². The van der Waals surface area contributed by atoms with Gasteiger partial charge in [0.05, 0.1) is 12.5 Å². The van der Waals surface area contributed by atoms with Crippen molar-refractivity contribution in [3.05, 3.63) is 0 Å². The van der Waals surface area contributed by atoms with E-state index in [4.69, 9.17) is 0 Å². The number of carbonyl (C=O) groups is 2. The lowest BCUT2D eigenvalue weighted by Crippen LogP contribution is -2.42. The predicted octanol–water partition coefficient (Wildman–Crippen LogP) is 1.65. The second-order valence-electron chi connectivity index (χ2n) is 4.77. The van der Waals surface area contributed by atoms with Gasteiger partial charge in [0, 0.05) is 6.04 Å². The van der Waals surface area contributed by atoms with E-state index in [0.717, 1.165) is 31.6 Å². The molecule has 0 radical (unpaired) electrons. The quantitative estimate of drug-likeness (QED) is 0.539. The number of unbranched alkanes of at least 4 members (excludes halogenated alkanes) is 1. The summed E-state index contributed by atoms with van der Waals surface area (Å²) in [7, 11) is 0. The Balaban J connectivity index is 2.36. The fraction of sp³-hybridized carbons (Fsp3) is 0.846. The van der Waals surface area contributed by atoms with Crippen LogP contribution in [0.2, 0.25) is 0 Å². The van der Waals surface area contributed by atoms with Crippen molar-refractivity contribution in [3.8, 4) is 0 Å². The van der Waals surface area contributed by atoms with Gasteiger partial charge < -0.3 is 5.32 Å². The molecule has 0 aromatic heterocycles. The summed E-state index contributed by atoms with van der Waals surface area (Å²) in [6.07, 6.45) is 5.44. The molecule has 1 rings (SSSR count). The number of hydrogen-bond donors (Lipinski definition) is 1. The van der Waals surface area contributed by atoms with Gasteiger partial charge in [-0.1, -0.05) is 6.92 Å². The number of nitrogens with one attached hydrogen (secondary N) is 1. The Morgan fingerprint density at radius 2 is 2.17 bits per heavy atom. The summed E-state index contributed by atoms with van der Waals surface area (Å²) in [6, 6.07) is -0.269. The average Bonchev–Trinajstić information content (AvgIpc) is 2.63. The van der Waals surface area contributed by atoms with Gasteiger partial charge in [0.15, 0.2) is 0 Å². The molecule has 1 saturated heterocycles. The zero-order chi connectivity index (χ0) is 13.5. The van der Waals surface area contributed by atoms with E-state index < -0.39 is 0 Å². The van der Waals surface area contributed by atoms with Gasteiger partial charge in [-0.3, -0.25) is 14.5 Å². The normalized spacial score (nSPS) is 21.7. The smallest absolute Gasteiger partial charge is 0.247 e. The van der Waals surface area contributed by atoms with Crippen LogP contribution in [-0.4, -0.2) is 47.4 Å². The molecule has 104 valence electrons. The van der Waals surface area contributed by atoms with Crippen LogP contribution in [-0.2, 0) is 9.59 Å². The van der Waals surface area contributed by atoms with Crippen molar-refractivity contribution in [2.45, 2.75) is 51.6 Å². The summed E-state index contributed by atoms with van der Waals surface area (Å²) >= 11 is 1.84. The van der Waals surface area contributed by atoms with Crippen LogP contribution >= 0.6 is 11.8 Å². The number of imide groups is 1. The SMILES string of the molecule is CCC(C)N1C(=O)CC(NCCCCSC)C1=O. The lowest BCUT2D eigenvalue weighted by Gasteiger charge is -2.21. The van der Waals surface area contributed by atoms with E-state index in [1.807, 2.05) is 25.6 Å². The van der Waals surface area contributed by atoms with Crippen molar-refractivity contribution in [1.82, 2.24) is 10.2 Å². The second kappa shape index (κ2) is 7.79. The number of nitrogens with zero attached hydrogens (tertiary/aromatic N) is 1. The molecule has 2 amide bonds. The number of carbonyl (C=O) groups excluding carboxylic acids is 2. The standard InChI is InChI=1S/C13H24N2O2S/c1-4-10(2)15-12(16)9-11(13(15)17)14-7-5-6-8-18-3/h10-11,14H,4-9H2,1-3H3. The van der Waals surface area contributed by atoms with Crippen molar-refractivity contribution in [3.63, 3.8) is 0 Å². The van der Waals surface area contributed by atoms with Gasteiger partial charge in [-0.2, -0.15) is 11.8 Å². The highest BCUT2D eigenvalue weighted by molar-refractivity contribution is 7.98. The van der Waals surface area contributed by atoms with Crippen molar-refractivity contribution in [1.29, 1.82) is 0 Å². The first-order valence-corrected chi connectivity index (χ1v) is 8.09. The number of amides is 2. The Morgan fingerprint density at radius 1 is 1.44 bits per heavy atom. The molecule has 2 atom stereocenters. The molecule has 2 unspecified atom stereocenters. The predicted molar refractivity (Wildman–Crippen MR) is 75.6 cm³/mol.